The molecule has 0 radical (unpaired) electrons. The predicted octanol–water partition coefficient (Wildman–Crippen LogP) is 2.66. The van der Waals surface area contributed by atoms with Crippen molar-refractivity contribution in [3.63, 3.8) is 0 Å². The third-order valence-electron chi connectivity index (χ3n) is 4.61. The van der Waals surface area contributed by atoms with Crippen LogP contribution in [0.2, 0.25) is 0 Å². The lowest BCUT2D eigenvalue weighted by molar-refractivity contribution is 0.166. The van der Waals surface area contributed by atoms with E-state index in [4.69, 9.17) is 0 Å². The van der Waals surface area contributed by atoms with E-state index >= 15 is 0 Å². The fourth-order valence-corrected chi connectivity index (χ4v) is 3.96. The van der Waals surface area contributed by atoms with Crippen molar-refractivity contribution in [2.75, 3.05) is 13.1 Å². The van der Waals surface area contributed by atoms with Crippen molar-refractivity contribution in [1.29, 1.82) is 0 Å². The Morgan fingerprint density at radius 1 is 0.846 bits per heavy atom. The van der Waals surface area contributed by atoms with Crippen LogP contribution in [0.15, 0.2) is 0 Å². The average Bonchev–Trinajstić information content (AvgIpc) is 2.36. The van der Waals surface area contributed by atoms with Gasteiger partial charge in [-0.25, -0.2) is 0 Å². The number of hydrogen-bond acceptors (Lipinski definition) is 1. The van der Waals surface area contributed by atoms with Crippen LogP contribution in [0, 0.1) is 11.8 Å². The zero-order valence-electron chi connectivity index (χ0n) is 8.54. The Morgan fingerprint density at radius 3 is 2.85 bits per heavy atom. The van der Waals surface area contributed by atoms with E-state index in [9.17, 15) is 0 Å². The van der Waals surface area contributed by atoms with E-state index in [2.05, 4.69) is 4.90 Å². The molecule has 1 aliphatic carbocycles. The first-order chi connectivity index (χ1) is 6.43. The van der Waals surface area contributed by atoms with E-state index in [-0.39, 0.29) is 0 Å². The van der Waals surface area contributed by atoms with Gasteiger partial charge >= 0.3 is 0 Å². The molecule has 1 heteroatoms. The van der Waals surface area contributed by atoms with Crippen molar-refractivity contribution in [1.82, 2.24) is 4.90 Å². The Kier molecular flexibility index (Phi) is 2.08. The molecule has 0 aromatic carbocycles. The molecule has 13 heavy (non-hydrogen) atoms. The predicted molar refractivity (Wildman–Crippen MR) is 54.7 cm³/mol. The van der Waals surface area contributed by atoms with Crippen molar-refractivity contribution < 1.29 is 0 Å². The highest BCUT2D eigenvalue weighted by atomic mass is 15.2. The maximum atomic E-state index is 2.82. The van der Waals surface area contributed by atoms with Crippen LogP contribution in [-0.4, -0.2) is 24.0 Å². The van der Waals surface area contributed by atoms with Crippen LogP contribution < -0.4 is 0 Å². The fraction of sp³-hybridized carbons (Fsp3) is 1.00. The second-order valence-corrected chi connectivity index (χ2v) is 5.33. The summed E-state index contributed by atoms with van der Waals surface area (Å²) in [6.45, 7) is 2.84. The van der Waals surface area contributed by atoms with Gasteiger partial charge in [0, 0.05) is 6.04 Å². The maximum absolute atomic E-state index is 2.82. The Hall–Kier alpha value is -0.0400. The molecule has 1 nitrogen and oxygen atoms in total. The lowest BCUT2D eigenvalue weighted by Crippen LogP contribution is -2.37. The minimum absolute atomic E-state index is 1.00. The van der Waals surface area contributed by atoms with Gasteiger partial charge in [-0.1, -0.05) is 6.42 Å². The molecule has 0 aromatic rings. The molecule has 3 fully saturated rings. The lowest BCUT2D eigenvalue weighted by atomic mass is 9.87. The summed E-state index contributed by atoms with van der Waals surface area (Å²) in [7, 11) is 0. The van der Waals surface area contributed by atoms with Crippen molar-refractivity contribution >= 4 is 0 Å². The molecule has 74 valence electrons. The summed E-state index contributed by atoms with van der Waals surface area (Å²) in [5.74, 6) is 2.19. The van der Waals surface area contributed by atoms with E-state index in [1.165, 1.54) is 51.6 Å². The average molecular weight is 179 g/mol. The van der Waals surface area contributed by atoms with Crippen LogP contribution in [0.5, 0.6) is 0 Å². The lowest BCUT2D eigenvalue weighted by Gasteiger charge is -2.31. The summed E-state index contributed by atoms with van der Waals surface area (Å²) < 4.78 is 0. The Labute approximate surface area is 81.5 Å². The normalized spacial score (nSPS) is 49.8. The number of rotatable bonds is 0. The van der Waals surface area contributed by atoms with Crippen LogP contribution in [0.1, 0.15) is 44.9 Å². The van der Waals surface area contributed by atoms with Gasteiger partial charge in [-0.05, 0) is 63.5 Å². The van der Waals surface area contributed by atoms with Gasteiger partial charge in [0.2, 0.25) is 0 Å². The zero-order valence-corrected chi connectivity index (χ0v) is 8.54. The molecule has 2 heterocycles. The third-order valence-corrected chi connectivity index (χ3v) is 4.61. The van der Waals surface area contributed by atoms with Gasteiger partial charge in [-0.15, -0.1) is 0 Å². The van der Waals surface area contributed by atoms with Crippen molar-refractivity contribution in [3.8, 4) is 0 Å². The molecule has 0 aromatic heterocycles. The Bertz CT molecular complexity index is 190. The molecule has 2 saturated heterocycles. The topological polar surface area (TPSA) is 3.24 Å². The smallest absolute Gasteiger partial charge is 0.0124 e. The summed E-state index contributed by atoms with van der Waals surface area (Å²) in [5, 5.41) is 0. The first-order valence-electron chi connectivity index (χ1n) is 6.17. The van der Waals surface area contributed by atoms with E-state index < -0.39 is 0 Å². The standard InChI is InChI=1S/C12H21N/c1-4-11-9-10-3-2-7-13(8-6-10)12(11)5-1/h10-12H,1-9H2. The summed E-state index contributed by atoms with van der Waals surface area (Å²) >= 11 is 0. The molecule has 3 rings (SSSR count). The van der Waals surface area contributed by atoms with E-state index in [1.54, 1.807) is 6.42 Å². The second-order valence-electron chi connectivity index (χ2n) is 5.33. The van der Waals surface area contributed by atoms with Gasteiger partial charge in [-0.3, -0.25) is 0 Å². The molecule has 4 unspecified atom stereocenters. The van der Waals surface area contributed by atoms with Crippen LogP contribution >= 0.6 is 0 Å². The van der Waals surface area contributed by atoms with Crippen LogP contribution in [-0.2, 0) is 0 Å². The third kappa shape index (κ3) is 1.41. The Morgan fingerprint density at radius 2 is 1.85 bits per heavy atom. The number of hydrogen-bond donors (Lipinski definition) is 0. The van der Waals surface area contributed by atoms with E-state index in [0.29, 0.717) is 0 Å². The first kappa shape index (κ1) is 8.28. The highest BCUT2D eigenvalue weighted by Crippen LogP contribution is 2.41. The molecule has 0 amide bonds. The summed E-state index contributed by atoms with van der Waals surface area (Å²) in [5.41, 5.74) is 0. The highest BCUT2D eigenvalue weighted by Gasteiger charge is 2.37. The highest BCUT2D eigenvalue weighted by molar-refractivity contribution is 4.91. The van der Waals surface area contributed by atoms with Crippen LogP contribution in [0.3, 0.4) is 0 Å². The van der Waals surface area contributed by atoms with Gasteiger partial charge in [0.25, 0.3) is 0 Å². The minimum Gasteiger partial charge on any atom is -0.300 e. The molecule has 3 aliphatic rings. The molecular formula is C12H21N. The maximum Gasteiger partial charge on any atom is 0.0124 e. The Balaban J connectivity index is 1.84. The molecule has 4 atom stereocenters. The summed E-state index contributed by atoms with van der Waals surface area (Å²) in [6.07, 6.45) is 10.6. The monoisotopic (exact) mass is 179 g/mol. The quantitative estimate of drug-likeness (QED) is 0.552. The number of fused-ring (bicyclic) bond motifs is 5. The molecule has 2 bridgehead atoms. The largest absolute Gasteiger partial charge is 0.300 e. The van der Waals surface area contributed by atoms with Gasteiger partial charge < -0.3 is 4.90 Å². The van der Waals surface area contributed by atoms with Gasteiger partial charge in [0.15, 0.2) is 0 Å². The zero-order chi connectivity index (χ0) is 8.67. The van der Waals surface area contributed by atoms with Crippen molar-refractivity contribution in [2.24, 2.45) is 11.8 Å². The summed E-state index contributed by atoms with van der Waals surface area (Å²) in [6, 6.07) is 1.00. The molecule has 0 spiro atoms. The van der Waals surface area contributed by atoms with Gasteiger partial charge in [-0.2, -0.15) is 0 Å². The minimum atomic E-state index is 1.00. The van der Waals surface area contributed by atoms with E-state index in [0.717, 1.165) is 17.9 Å². The SMILES string of the molecule is C1CC2CC3CCCN(CC3)C2C1. The van der Waals surface area contributed by atoms with Crippen LogP contribution in [0.4, 0.5) is 0 Å². The van der Waals surface area contributed by atoms with Crippen LogP contribution in [0.25, 0.3) is 0 Å². The van der Waals surface area contributed by atoms with E-state index in [1.807, 2.05) is 0 Å². The molecule has 0 N–H and O–H groups in total. The second kappa shape index (κ2) is 3.27. The molecule has 2 aliphatic heterocycles. The first-order valence-corrected chi connectivity index (χ1v) is 6.17. The van der Waals surface area contributed by atoms with Gasteiger partial charge in [0.1, 0.15) is 0 Å². The molecular weight excluding hydrogens is 158 g/mol. The van der Waals surface area contributed by atoms with Crippen molar-refractivity contribution in [2.45, 2.75) is 51.0 Å². The fourth-order valence-electron chi connectivity index (χ4n) is 3.96. The number of nitrogens with zero attached hydrogens (tertiary/aromatic N) is 1. The van der Waals surface area contributed by atoms with Gasteiger partial charge in [0.05, 0.1) is 0 Å². The molecule has 1 saturated carbocycles. The summed E-state index contributed by atoms with van der Waals surface area (Å²) in [4.78, 5) is 2.82. The van der Waals surface area contributed by atoms with Crippen molar-refractivity contribution in [3.05, 3.63) is 0 Å².